The van der Waals surface area contributed by atoms with Gasteiger partial charge >= 0.3 is 0 Å². The fraction of sp³-hybridized carbons (Fsp3) is 0.562. The van der Waals surface area contributed by atoms with E-state index in [0.29, 0.717) is 12.6 Å². The lowest BCUT2D eigenvalue weighted by atomic mass is 10.1. The van der Waals surface area contributed by atoms with E-state index in [0.717, 1.165) is 31.4 Å². The van der Waals surface area contributed by atoms with Crippen LogP contribution in [0.1, 0.15) is 37.7 Å². The maximum Gasteiger partial charge on any atom is 0.224 e. The topological polar surface area (TPSA) is 58.6 Å². The summed E-state index contributed by atoms with van der Waals surface area (Å²) in [7, 11) is 0. The number of aromatic hydroxyl groups is 1. The molecule has 5 heteroatoms. The predicted molar refractivity (Wildman–Crippen MR) is 82.7 cm³/mol. The number of hydrogen-bond donors (Lipinski definition) is 2. The number of hydrogen-bond acceptors (Lipinski definition) is 3. The number of carbonyl (C=O) groups is 1. The number of ether oxygens (including phenoxy) is 1. The summed E-state index contributed by atoms with van der Waals surface area (Å²) < 4.78 is 5.56. The summed E-state index contributed by atoms with van der Waals surface area (Å²) in [4.78, 5) is 11.8. The quantitative estimate of drug-likeness (QED) is 0.761. The summed E-state index contributed by atoms with van der Waals surface area (Å²) in [5, 5.41) is 12.5. The molecular weight excluding hydrogens is 290 g/mol. The Balaban J connectivity index is 1.59. The minimum absolute atomic E-state index is 0.0196. The lowest BCUT2D eigenvalue weighted by Gasteiger charge is -2.09. The van der Waals surface area contributed by atoms with Crippen molar-refractivity contribution in [1.29, 1.82) is 0 Å². The Hall–Kier alpha value is -1.26. The zero-order chi connectivity index (χ0) is 15.1. The first-order chi connectivity index (χ1) is 10.1. The molecule has 1 aromatic carbocycles. The summed E-state index contributed by atoms with van der Waals surface area (Å²) in [6.45, 7) is 1.59. The van der Waals surface area contributed by atoms with E-state index in [1.165, 1.54) is 18.9 Å². The second-order valence-electron chi connectivity index (χ2n) is 5.44. The van der Waals surface area contributed by atoms with Crippen molar-refractivity contribution in [3.8, 4) is 5.75 Å². The van der Waals surface area contributed by atoms with Crippen molar-refractivity contribution in [1.82, 2.24) is 5.32 Å². The van der Waals surface area contributed by atoms with Crippen molar-refractivity contribution in [2.75, 3.05) is 13.2 Å². The molecule has 0 bridgehead atoms. The fourth-order valence-electron chi connectivity index (χ4n) is 2.51. The van der Waals surface area contributed by atoms with Crippen molar-refractivity contribution < 1.29 is 14.6 Å². The molecule has 0 radical (unpaired) electrons. The zero-order valence-electron chi connectivity index (χ0n) is 12.1. The van der Waals surface area contributed by atoms with Gasteiger partial charge in [-0.05, 0) is 49.8 Å². The first kappa shape index (κ1) is 16.1. The normalized spacial score (nSPS) is 17.9. The van der Waals surface area contributed by atoms with Crippen LogP contribution in [-0.2, 0) is 16.0 Å². The highest BCUT2D eigenvalue weighted by Gasteiger charge is 2.14. The lowest BCUT2D eigenvalue weighted by Crippen LogP contribution is -2.26. The maximum atomic E-state index is 11.8. The van der Waals surface area contributed by atoms with Crippen LogP contribution in [0.15, 0.2) is 18.2 Å². The van der Waals surface area contributed by atoms with Gasteiger partial charge in [0.25, 0.3) is 0 Å². The molecule has 0 spiro atoms. The first-order valence-electron chi connectivity index (χ1n) is 7.51. The van der Waals surface area contributed by atoms with Crippen molar-refractivity contribution in [3.05, 3.63) is 28.8 Å². The molecule has 0 aliphatic carbocycles. The molecule has 21 heavy (non-hydrogen) atoms. The maximum absolute atomic E-state index is 11.8. The van der Waals surface area contributed by atoms with Gasteiger partial charge in [0.2, 0.25) is 5.91 Å². The van der Waals surface area contributed by atoms with Crippen LogP contribution in [0.3, 0.4) is 0 Å². The van der Waals surface area contributed by atoms with Crippen LogP contribution < -0.4 is 5.32 Å². The molecule has 1 aliphatic rings. The number of halogens is 1. The molecule has 0 saturated carbocycles. The van der Waals surface area contributed by atoms with Gasteiger partial charge in [-0.3, -0.25) is 4.79 Å². The standard InChI is InChI=1S/C16H22ClNO3/c17-14-10-12(6-7-15(14)19)11-16(20)18-8-2-1-4-13-5-3-9-21-13/h6-7,10,13,19H,1-5,8-9,11H2,(H,18,20). The van der Waals surface area contributed by atoms with E-state index >= 15 is 0 Å². The Morgan fingerprint density at radius 2 is 2.29 bits per heavy atom. The minimum atomic E-state index is -0.0196. The fourth-order valence-corrected chi connectivity index (χ4v) is 2.71. The molecule has 1 unspecified atom stereocenters. The molecule has 1 aromatic rings. The molecule has 1 aliphatic heterocycles. The van der Waals surface area contributed by atoms with Gasteiger partial charge in [0, 0.05) is 13.2 Å². The monoisotopic (exact) mass is 311 g/mol. The highest BCUT2D eigenvalue weighted by molar-refractivity contribution is 6.32. The van der Waals surface area contributed by atoms with Crippen molar-refractivity contribution in [2.45, 2.75) is 44.6 Å². The van der Waals surface area contributed by atoms with Crippen LogP contribution in [0.2, 0.25) is 5.02 Å². The smallest absolute Gasteiger partial charge is 0.224 e. The second-order valence-corrected chi connectivity index (χ2v) is 5.85. The zero-order valence-corrected chi connectivity index (χ0v) is 12.9. The van der Waals surface area contributed by atoms with Gasteiger partial charge in [0.15, 0.2) is 0 Å². The van der Waals surface area contributed by atoms with Crippen molar-refractivity contribution in [2.24, 2.45) is 0 Å². The number of phenols is 1. The third-order valence-corrected chi connectivity index (χ3v) is 3.98. The number of unbranched alkanes of at least 4 members (excludes halogenated alkanes) is 1. The van der Waals surface area contributed by atoms with Gasteiger partial charge in [-0.25, -0.2) is 0 Å². The molecular formula is C16H22ClNO3. The lowest BCUT2D eigenvalue weighted by molar-refractivity contribution is -0.120. The van der Waals surface area contributed by atoms with Gasteiger partial charge in [0.1, 0.15) is 5.75 Å². The first-order valence-corrected chi connectivity index (χ1v) is 7.88. The van der Waals surface area contributed by atoms with E-state index in [1.54, 1.807) is 12.1 Å². The highest BCUT2D eigenvalue weighted by atomic mass is 35.5. The van der Waals surface area contributed by atoms with Crippen LogP contribution in [0.4, 0.5) is 0 Å². The number of nitrogens with one attached hydrogen (secondary N) is 1. The molecule has 2 N–H and O–H groups in total. The van der Waals surface area contributed by atoms with Crippen LogP contribution in [-0.4, -0.2) is 30.3 Å². The number of benzene rings is 1. The number of amides is 1. The van der Waals surface area contributed by atoms with E-state index in [9.17, 15) is 9.90 Å². The summed E-state index contributed by atoms with van der Waals surface area (Å²) in [5.74, 6) is 0.0174. The molecule has 2 rings (SSSR count). The summed E-state index contributed by atoms with van der Waals surface area (Å²) in [6, 6.07) is 4.83. The van der Waals surface area contributed by atoms with E-state index < -0.39 is 0 Å². The molecule has 0 aromatic heterocycles. The third kappa shape index (κ3) is 5.56. The Kier molecular flexibility index (Phi) is 6.33. The number of phenolic OH excluding ortho intramolecular Hbond substituents is 1. The average molecular weight is 312 g/mol. The molecule has 4 nitrogen and oxygen atoms in total. The third-order valence-electron chi connectivity index (χ3n) is 3.68. The van der Waals surface area contributed by atoms with E-state index in [-0.39, 0.29) is 23.1 Å². The molecule has 116 valence electrons. The second kappa shape index (κ2) is 8.25. The Labute approximate surface area is 130 Å². The molecule has 1 heterocycles. The van der Waals surface area contributed by atoms with Gasteiger partial charge in [0.05, 0.1) is 17.5 Å². The predicted octanol–water partition coefficient (Wildman–Crippen LogP) is 3.05. The van der Waals surface area contributed by atoms with Crippen molar-refractivity contribution in [3.63, 3.8) is 0 Å². The number of carbonyl (C=O) groups excluding carboxylic acids is 1. The summed E-state index contributed by atoms with van der Waals surface area (Å²) in [6.07, 6.45) is 6.21. The average Bonchev–Trinajstić information content (AvgIpc) is 2.96. The van der Waals surface area contributed by atoms with Crippen LogP contribution in [0.5, 0.6) is 5.75 Å². The minimum Gasteiger partial charge on any atom is -0.506 e. The Morgan fingerprint density at radius 1 is 1.43 bits per heavy atom. The largest absolute Gasteiger partial charge is 0.506 e. The molecule has 1 atom stereocenters. The molecule has 1 saturated heterocycles. The van der Waals surface area contributed by atoms with Gasteiger partial charge in [-0.2, -0.15) is 0 Å². The molecule has 1 fully saturated rings. The summed E-state index contributed by atoms with van der Waals surface area (Å²) in [5.41, 5.74) is 0.801. The van der Waals surface area contributed by atoms with Crippen LogP contribution in [0, 0.1) is 0 Å². The Morgan fingerprint density at radius 3 is 3.00 bits per heavy atom. The molecule has 1 amide bonds. The van der Waals surface area contributed by atoms with Gasteiger partial charge in [-0.1, -0.05) is 17.7 Å². The van der Waals surface area contributed by atoms with Gasteiger partial charge < -0.3 is 15.2 Å². The van der Waals surface area contributed by atoms with E-state index in [4.69, 9.17) is 16.3 Å². The van der Waals surface area contributed by atoms with Crippen molar-refractivity contribution >= 4 is 17.5 Å². The van der Waals surface area contributed by atoms with E-state index in [1.807, 2.05) is 0 Å². The van der Waals surface area contributed by atoms with Gasteiger partial charge in [-0.15, -0.1) is 0 Å². The SMILES string of the molecule is O=C(Cc1ccc(O)c(Cl)c1)NCCCCC1CCCO1. The van der Waals surface area contributed by atoms with E-state index in [2.05, 4.69) is 5.32 Å². The number of rotatable bonds is 7. The van der Waals surface area contributed by atoms with Crippen LogP contribution >= 0.6 is 11.6 Å². The highest BCUT2D eigenvalue weighted by Crippen LogP contribution is 2.23. The van der Waals surface area contributed by atoms with Crippen LogP contribution in [0.25, 0.3) is 0 Å². The summed E-state index contributed by atoms with van der Waals surface area (Å²) >= 11 is 5.81. The Bertz CT molecular complexity index is 473.